The van der Waals surface area contributed by atoms with E-state index >= 15 is 0 Å². The molecular weight excluding hydrogens is 248 g/mol. The van der Waals surface area contributed by atoms with E-state index in [2.05, 4.69) is 34.9 Å². The maximum Gasteiger partial charge on any atom is 0.220 e. The second-order valence-corrected chi connectivity index (χ2v) is 5.67. The van der Waals surface area contributed by atoms with Crippen molar-refractivity contribution in [1.29, 1.82) is 0 Å². The summed E-state index contributed by atoms with van der Waals surface area (Å²) >= 11 is 0. The monoisotopic (exact) mass is 274 g/mol. The summed E-state index contributed by atoms with van der Waals surface area (Å²) in [6, 6.07) is 10.4. The normalized spacial score (nSPS) is 16.0. The maximum absolute atomic E-state index is 11.8. The SMILES string of the molecule is O=C(CCC1CCNCC1)NCCCc1ccccc1. The minimum absolute atomic E-state index is 0.219. The van der Waals surface area contributed by atoms with Gasteiger partial charge in [-0.15, -0.1) is 0 Å². The van der Waals surface area contributed by atoms with Gasteiger partial charge in [-0.1, -0.05) is 30.3 Å². The molecule has 1 fully saturated rings. The average molecular weight is 274 g/mol. The highest BCUT2D eigenvalue weighted by Crippen LogP contribution is 2.17. The lowest BCUT2D eigenvalue weighted by atomic mass is 9.93. The fraction of sp³-hybridized carbons (Fsp3) is 0.588. The number of hydrogen-bond acceptors (Lipinski definition) is 2. The van der Waals surface area contributed by atoms with Crippen LogP contribution in [0.1, 0.15) is 37.7 Å². The summed E-state index contributed by atoms with van der Waals surface area (Å²) in [5.74, 6) is 0.961. The van der Waals surface area contributed by atoms with Crippen LogP contribution in [0.15, 0.2) is 30.3 Å². The Hall–Kier alpha value is -1.35. The highest BCUT2D eigenvalue weighted by Gasteiger charge is 2.14. The average Bonchev–Trinajstić information content (AvgIpc) is 2.52. The minimum Gasteiger partial charge on any atom is -0.356 e. The van der Waals surface area contributed by atoms with E-state index in [0.29, 0.717) is 6.42 Å². The fourth-order valence-electron chi connectivity index (χ4n) is 2.76. The van der Waals surface area contributed by atoms with Crippen molar-refractivity contribution >= 4 is 5.91 Å². The molecule has 0 saturated carbocycles. The van der Waals surface area contributed by atoms with Crippen molar-refractivity contribution in [2.75, 3.05) is 19.6 Å². The molecule has 0 radical (unpaired) electrons. The predicted molar refractivity (Wildman–Crippen MR) is 82.6 cm³/mol. The van der Waals surface area contributed by atoms with Crippen LogP contribution in [0.5, 0.6) is 0 Å². The zero-order valence-electron chi connectivity index (χ0n) is 12.2. The lowest BCUT2D eigenvalue weighted by Crippen LogP contribution is -2.29. The molecule has 20 heavy (non-hydrogen) atoms. The molecule has 1 amide bonds. The summed E-state index contributed by atoms with van der Waals surface area (Å²) in [5, 5.41) is 6.40. The Morgan fingerprint density at radius 1 is 1.20 bits per heavy atom. The van der Waals surface area contributed by atoms with Gasteiger partial charge in [-0.05, 0) is 56.7 Å². The van der Waals surface area contributed by atoms with E-state index in [1.54, 1.807) is 0 Å². The van der Waals surface area contributed by atoms with Crippen LogP contribution >= 0.6 is 0 Å². The Balaban J connectivity index is 1.51. The Labute approximate surface area is 122 Å². The summed E-state index contributed by atoms with van der Waals surface area (Å²) in [7, 11) is 0. The zero-order valence-corrected chi connectivity index (χ0v) is 12.2. The van der Waals surface area contributed by atoms with Gasteiger partial charge in [-0.25, -0.2) is 0 Å². The molecule has 1 aromatic rings. The molecule has 2 rings (SSSR count). The van der Waals surface area contributed by atoms with Gasteiger partial charge < -0.3 is 10.6 Å². The molecule has 0 bridgehead atoms. The van der Waals surface area contributed by atoms with Crippen molar-refractivity contribution in [1.82, 2.24) is 10.6 Å². The first-order chi connectivity index (χ1) is 9.84. The number of carbonyl (C=O) groups excluding carboxylic acids is 1. The van der Waals surface area contributed by atoms with E-state index < -0.39 is 0 Å². The molecule has 0 aromatic heterocycles. The molecule has 0 unspecified atom stereocenters. The first-order valence-corrected chi connectivity index (χ1v) is 7.86. The third-order valence-corrected chi connectivity index (χ3v) is 4.05. The van der Waals surface area contributed by atoms with Gasteiger partial charge >= 0.3 is 0 Å². The predicted octanol–water partition coefficient (Wildman–Crippen LogP) is 2.52. The smallest absolute Gasteiger partial charge is 0.220 e. The van der Waals surface area contributed by atoms with Gasteiger partial charge in [-0.3, -0.25) is 4.79 Å². The van der Waals surface area contributed by atoms with Gasteiger partial charge in [0.2, 0.25) is 5.91 Å². The van der Waals surface area contributed by atoms with Crippen molar-refractivity contribution in [3.8, 4) is 0 Å². The van der Waals surface area contributed by atoms with Crippen LogP contribution in [-0.2, 0) is 11.2 Å². The maximum atomic E-state index is 11.8. The second kappa shape index (κ2) is 8.75. The van der Waals surface area contributed by atoms with E-state index in [0.717, 1.165) is 44.8 Å². The third kappa shape index (κ3) is 5.74. The topological polar surface area (TPSA) is 41.1 Å². The highest BCUT2D eigenvalue weighted by molar-refractivity contribution is 5.75. The van der Waals surface area contributed by atoms with Gasteiger partial charge in [0.15, 0.2) is 0 Å². The number of aryl methyl sites for hydroxylation is 1. The van der Waals surface area contributed by atoms with Crippen molar-refractivity contribution < 1.29 is 4.79 Å². The number of carbonyl (C=O) groups is 1. The van der Waals surface area contributed by atoms with E-state index in [9.17, 15) is 4.79 Å². The molecule has 110 valence electrons. The molecule has 0 atom stereocenters. The lowest BCUT2D eigenvalue weighted by molar-refractivity contribution is -0.121. The summed E-state index contributed by atoms with van der Waals surface area (Å²) in [6.07, 6.45) is 6.24. The molecule has 2 N–H and O–H groups in total. The van der Waals surface area contributed by atoms with Crippen molar-refractivity contribution in [3.05, 3.63) is 35.9 Å². The molecule has 1 aromatic carbocycles. The molecule has 1 aliphatic heterocycles. The lowest BCUT2D eigenvalue weighted by Gasteiger charge is -2.22. The van der Waals surface area contributed by atoms with Gasteiger partial charge in [0.1, 0.15) is 0 Å². The standard InChI is InChI=1S/C17H26N2O/c20-17(9-8-16-10-13-18-14-11-16)19-12-4-7-15-5-2-1-3-6-15/h1-3,5-6,16,18H,4,7-14H2,(H,19,20). The third-order valence-electron chi connectivity index (χ3n) is 4.05. The largest absolute Gasteiger partial charge is 0.356 e. The molecule has 0 spiro atoms. The van der Waals surface area contributed by atoms with Crippen molar-refractivity contribution in [2.45, 2.75) is 38.5 Å². The Morgan fingerprint density at radius 2 is 1.95 bits per heavy atom. The van der Waals surface area contributed by atoms with E-state index in [4.69, 9.17) is 0 Å². The number of nitrogens with one attached hydrogen (secondary N) is 2. The molecule has 1 aliphatic rings. The van der Waals surface area contributed by atoms with Crippen LogP contribution in [0.2, 0.25) is 0 Å². The van der Waals surface area contributed by atoms with Crippen LogP contribution in [-0.4, -0.2) is 25.5 Å². The van der Waals surface area contributed by atoms with Gasteiger partial charge in [0.25, 0.3) is 0 Å². The summed E-state index contributed by atoms with van der Waals surface area (Å²) < 4.78 is 0. The van der Waals surface area contributed by atoms with Gasteiger partial charge in [-0.2, -0.15) is 0 Å². The summed E-state index contributed by atoms with van der Waals surface area (Å²) in [5.41, 5.74) is 1.34. The number of amides is 1. The van der Waals surface area contributed by atoms with Crippen LogP contribution in [0.25, 0.3) is 0 Å². The molecule has 3 nitrogen and oxygen atoms in total. The zero-order chi connectivity index (χ0) is 14.0. The molecule has 3 heteroatoms. The number of rotatable bonds is 7. The Bertz CT molecular complexity index is 385. The molecular formula is C17H26N2O. The van der Waals surface area contributed by atoms with Gasteiger partial charge in [0, 0.05) is 13.0 Å². The van der Waals surface area contributed by atoms with Gasteiger partial charge in [0.05, 0.1) is 0 Å². The van der Waals surface area contributed by atoms with E-state index in [1.807, 2.05) is 6.07 Å². The number of hydrogen-bond donors (Lipinski definition) is 2. The molecule has 1 heterocycles. The summed E-state index contributed by atoms with van der Waals surface area (Å²) in [6.45, 7) is 3.02. The van der Waals surface area contributed by atoms with Crippen molar-refractivity contribution in [2.24, 2.45) is 5.92 Å². The number of benzene rings is 1. The van der Waals surface area contributed by atoms with E-state index in [-0.39, 0.29) is 5.91 Å². The molecule has 1 saturated heterocycles. The Morgan fingerprint density at radius 3 is 2.70 bits per heavy atom. The second-order valence-electron chi connectivity index (χ2n) is 5.67. The van der Waals surface area contributed by atoms with E-state index in [1.165, 1.54) is 18.4 Å². The summed E-state index contributed by atoms with van der Waals surface area (Å²) in [4.78, 5) is 11.8. The highest BCUT2D eigenvalue weighted by atomic mass is 16.1. The van der Waals surface area contributed by atoms with Crippen molar-refractivity contribution in [3.63, 3.8) is 0 Å². The van der Waals surface area contributed by atoms with Crippen LogP contribution in [0, 0.1) is 5.92 Å². The minimum atomic E-state index is 0.219. The Kier molecular flexibility index (Phi) is 6.58. The van der Waals surface area contributed by atoms with Crippen LogP contribution < -0.4 is 10.6 Å². The fourth-order valence-corrected chi connectivity index (χ4v) is 2.76. The quantitative estimate of drug-likeness (QED) is 0.750. The number of piperidine rings is 1. The first-order valence-electron chi connectivity index (χ1n) is 7.86. The molecule has 0 aliphatic carbocycles. The van der Waals surface area contributed by atoms with Crippen LogP contribution in [0.3, 0.4) is 0 Å². The van der Waals surface area contributed by atoms with Crippen LogP contribution in [0.4, 0.5) is 0 Å². The first kappa shape index (κ1) is 15.0.